The number of hydrogen-bond acceptors (Lipinski definition) is 9. The van der Waals surface area contributed by atoms with Gasteiger partial charge < -0.3 is 14.9 Å². The van der Waals surface area contributed by atoms with Gasteiger partial charge in [0.05, 0.1) is 25.0 Å². The maximum Gasteiger partial charge on any atom is 0.338 e. The molecule has 11 nitrogen and oxygen atoms in total. The number of anilines is 2. The van der Waals surface area contributed by atoms with Gasteiger partial charge in [0, 0.05) is 0 Å². The molecule has 1 atom stereocenters. The lowest BCUT2D eigenvalue weighted by Crippen LogP contribution is -2.42. The summed E-state index contributed by atoms with van der Waals surface area (Å²) >= 11 is 0. The van der Waals surface area contributed by atoms with E-state index in [2.05, 4.69) is 25.9 Å². The van der Waals surface area contributed by atoms with E-state index in [0.29, 0.717) is 10.9 Å². The molecule has 0 radical (unpaired) electrons. The standard InChI is InChI=1S/C21H21N7O4/c1-12-6-4-7-13(10-12)21(2,19(30)31-3)28-17-14(11-23-28)16(24-20(22)25-17)26-27-18(29)15-8-5-9-32-15/h4-11H,1-3H3,(H,27,29)(H3,22,24,25,26). The molecule has 0 spiro atoms. The number of nitrogen functional groups attached to an aromatic ring is 1. The molecule has 3 aromatic heterocycles. The number of furan rings is 1. The van der Waals surface area contributed by atoms with Gasteiger partial charge >= 0.3 is 11.9 Å². The van der Waals surface area contributed by atoms with E-state index in [4.69, 9.17) is 14.9 Å². The Morgan fingerprint density at radius 2 is 2.03 bits per heavy atom. The van der Waals surface area contributed by atoms with E-state index in [1.165, 1.54) is 30.3 Å². The number of carbonyl (C=O) groups excluding carboxylic acids is 2. The van der Waals surface area contributed by atoms with Crippen molar-refractivity contribution in [2.45, 2.75) is 19.4 Å². The molecule has 4 rings (SSSR count). The Labute approximate surface area is 182 Å². The summed E-state index contributed by atoms with van der Waals surface area (Å²) in [5.74, 6) is -0.803. The van der Waals surface area contributed by atoms with Gasteiger partial charge in [0.1, 0.15) is 0 Å². The second-order valence-electron chi connectivity index (χ2n) is 7.21. The predicted molar refractivity (Wildman–Crippen MR) is 115 cm³/mol. The molecule has 1 aromatic carbocycles. The van der Waals surface area contributed by atoms with Crippen molar-refractivity contribution in [3.8, 4) is 0 Å². The third-order valence-electron chi connectivity index (χ3n) is 5.07. The molecule has 0 aliphatic carbocycles. The van der Waals surface area contributed by atoms with Crippen molar-refractivity contribution in [2.75, 3.05) is 18.3 Å². The quantitative estimate of drug-likeness (QED) is 0.305. The average Bonchev–Trinajstić information content (AvgIpc) is 3.46. The van der Waals surface area contributed by atoms with E-state index in [1.54, 1.807) is 13.0 Å². The molecule has 0 aliphatic rings. The molecule has 0 fully saturated rings. The third-order valence-corrected chi connectivity index (χ3v) is 5.07. The van der Waals surface area contributed by atoms with Crippen LogP contribution < -0.4 is 16.6 Å². The summed E-state index contributed by atoms with van der Waals surface area (Å²) in [6, 6.07) is 10.6. The summed E-state index contributed by atoms with van der Waals surface area (Å²) in [4.78, 5) is 33.6. The Hall–Kier alpha value is -4.41. The smallest absolute Gasteiger partial charge is 0.338 e. The first kappa shape index (κ1) is 20.8. The van der Waals surface area contributed by atoms with Crippen LogP contribution in [-0.2, 0) is 15.1 Å². The van der Waals surface area contributed by atoms with Crippen LogP contribution in [0.5, 0.6) is 0 Å². The zero-order valence-corrected chi connectivity index (χ0v) is 17.6. The van der Waals surface area contributed by atoms with Gasteiger partial charge in [0.2, 0.25) is 5.95 Å². The fourth-order valence-corrected chi connectivity index (χ4v) is 3.41. The molecular weight excluding hydrogens is 414 g/mol. The Bertz CT molecular complexity index is 1300. The van der Waals surface area contributed by atoms with E-state index < -0.39 is 17.4 Å². The number of methoxy groups -OCH3 is 1. The lowest BCUT2D eigenvalue weighted by molar-refractivity contribution is -0.148. The summed E-state index contributed by atoms with van der Waals surface area (Å²) in [7, 11) is 1.31. The molecule has 1 unspecified atom stereocenters. The van der Waals surface area contributed by atoms with Crippen LogP contribution in [0, 0.1) is 6.92 Å². The molecule has 4 aromatic rings. The fourth-order valence-electron chi connectivity index (χ4n) is 3.41. The number of hydrazine groups is 1. The average molecular weight is 435 g/mol. The van der Waals surface area contributed by atoms with Gasteiger partial charge in [-0.15, -0.1) is 0 Å². The van der Waals surface area contributed by atoms with Crippen LogP contribution in [-0.4, -0.2) is 38.7 Å². The maximum absolute atomic E-state index is 13.0. The number of rotatable bonds is 6. The molecule has 32 heavy (non-hydrogen) atoms. The molecule has 0 aliphatic heterocycles. The van der Waals surface area contributed by atoms with Crippen molar-refractivity contribution in [3.05, 3.63) is 65.7 Å². The van der Waals surface area contributed by atoms with Crippen LogP contribution >= 0.6 is 0 Å². The lowest BCUT2D eigenvalue weighted by atomic mass is 9.91. The molecule has 1 amide bonds. The summed E-state index contributed by atoms with van der Waals surface area (Å²) in [5, 5.41) is 4.84. The first-order valence-corrected chi connectivity index (χ1v) is 9.61. The number of esters is 1. The number of ether oxygens (including phenoxy) is 1. The second kappa shape index (κ2) is 8.02. The molecule has 0 bridgehead atoms. The number of nitrogens with two attached hydrogens (primary N) is 1. The number of aryl methyl sites for hydroxylation is 1. The largest absolute Gasteiger partial charge is 0.467 e. The highest BCUT2D eigenvalue weighted by Gasteiger charge is 2.41. The van der Waals surface area contributed by atoms with Gasteiger partial charge in [0.25, 0.3) is 0 Å². The van der Waals surface area contributed by atoms with Gasteiger partial charge in [-0.05, 0) is 31.5 Å². The van der Waals surface area contributed by atoms with E-state index in [-0.39, 0.29) is 23.2 Å². The van der Waals surface area contributed by atoms with Crippen LogP contribution in [0.1, 0.15) is 28.6 Å². The van der Waals surface area contributed by atoms with Crippen molar-refractivity contribution in [1.82, 2.24) is 25.2 Å². The maximum atomic E-state index is 13.0. The van der Waals surface area contributed by atoms with Crippen LogP contribution in [0.4, 0.5) is 11.8 Å². The fraction of sp³-hybridized carbons (Fsp3) is 0.190. The summed E-state index contributed by atoms with van der Waals surface area (Å²) < 4.78 is 11.6. The molecule has 164 valence electrons. The molecule has 0 saturated carbocycles. The summed E-state index contributed by atoms with van der Waals surface area (Å²) in [6.07, 6.45) is 2.87. The number of nitrogens with one attached hydrogen (secondary N) is 2. The normalized spacial score (nSPS) is 12.8. The number of hydrogen-bond donors (Lipinski definition) is 3. The highest BCUT2D eigenvalue weighted by Crippen LogP contribution is 2.32. The van der Waals surface area contributed by atoms with Crippen molar-refractivity contribution < 1.29 is 18.7 Å². The van der Waals surface area contributed by atoms with E-state index in [9.17, 15) is 9.59 Å². The number of aromatic nitrogens is 4. The predicted octanol–water partition coefficient (Wildman–Crippen LogP) is 2.00. The van der Waals surface area contributed by atoms with Crippen LogP contribution in [0.15, 0.2) is 53.3 Å². The molecular formula is C21H21N7O4. The van der Waals surface area contributed by atoms with E-state index in [1.807, 2.05) is 31.2 Å². The highest BCUT2D eigenvalue weighted by atomic mass is 16.5. The Morgan fingerprint density at radius 1 is 1.22 bits per heavy atom. The van der Waals surface area contributed by atoms with E-state index >= 15 is 0 Å². The van der Waals surface area contributed by atoms with Crippen molar-refractivity contribution >= 4 is 34.7 Å². The number of amides is 1. The zero-order valence-electron chi connectivity index (χ0n) is 17.6. The second-order valence-corrected chi connectivity index (χ2v) is 7.21. The minimum absolute atomic E-state index is 0.0783. The monoisotopic (exact) mass is 435 g/mol. The van der Waals surface area contributed by atoms with Gasteiger partial charge in [-0.3, -0.25) is 15.6 Å². The van der Waals surface area contributed by atoms with Gasteiger partial charge in [0.15, 0.2) is 22.8 Å². The molecule has 0 saturated heterocycles. The lowest BCUT2D eigenvalue weighted by Gasteiger charge is -2.28. The number of nitrogens with zero attached hydrogens (tertiary/aromatic N) is 4. The molecule has 11 heteroatoms. The number of carbonyl (C=O) groups is 2. The van der Waals surface area contributed by atoms with Crippen molar-refractivity contribution in [2.24, 2.45) is 0 Å². The summed E-state index contributed by atoms with van der Waals surface area (Å²) in [5.41, 5.74) is 11.7. The zero-order chi connectivity index (χ0) is 22.9. The van der Waals surface area contributed by atoms with Gasteiger partial charge in [-0.2, -0.15) is 15.1 Å². The first-order chi connectivity index (χ1) is 15.3. The molecule has 4 N–H and O–H groups in total. The van der Waals surface area contributed by atoms with Crippen molar-refractivity contribution in [1.29, 1.82) is 0 Å². The first-order valence-electron chi connectivity index (χ1n) is 9.61. The SMILES string of the molecule is COC(=O)C(C)(c1cccc(C)c1)n1ncc2c(NNC(=O)c3ccco3)nc(N)nc21. The Balaban J connectivity index is 1.79. The Morgan fingerprint density at radius 3 is 2.72 bits per heavy atom. The third kappa shape index (κ3) is 3.49. The number of fused-ring (bicyclic) bond motifs is 1. The van der Waals surface area contributed by atoms with Crippen LogP contribution in [0.2, 0.25) is 0 Å². The van der Waals surface area contributed by atoms with Gasteiger partial charge in [-0.25, -0.2) is 9.48 Å². The minimum atomic E-state index is -1.34. The minimum Gasteiger partial charge on any atom is -0.467 e. The topological polar surface area (TPSA) is 150 Å². The van der Waals surface area contributed by atoms with Crippen LogP contribution in [0.3, 0.4) is 0 Å². The molecule has 3 heterocycles. The van der Waals surface area contributed by atoms with Crippen LogP contribution in [0.25, 0.3) is 11.0 Å². The summed E-state index contributed by atoms with van der Waals surface area (Å²) in [6.45, 7) is 3.61. The number of benzene rings is 1. The van der Waals surface area contributed by atoms with Gasteiger partial charge in [-0.1, -0.05) is 29.8 Å². The Kier molecular flexibility index (Phi) is 5.23. The van der Waals surface area contributed by atoms with Crippen molar-refractivity contribution in [3.63, 3.8) is 0 Å². The van der Waals surface area contributed by atoms with E-state index in [0.717, 1.165) is 5.56 Å². The highest BCUT2D eigenvalue weighted by molar-refractivity contribution is 5.94.